The summed E-state index contributed by atoms with van der Waals surface area (Å²) >= 11 is 0. The monoisotopic (exact) mass is 239 g/mol. The molecule has 0 aliphatic carbocycles. The van der Waals surface area contributed by atoms with E-state index in [0.717, 1.165) is 12.8 Å². The van der Waals surface area contributed by atoms with E-state index in [1.54, 1.807) is 0 Å². The SMILES string of the molecule is CCCCCC(C)(CCCC)C1CCC(=O)N1. The van der Waals surface area contributed by atoms with E-state index in [9.17, 15) is 4.79 Å². The molecule has 0 radical (unpaired) electrons. The molecule has 0 bridgehead atoms. The van der Waals surface area contributed by atoms with Crippen LogP contribution in [0, 0.1) is 5.41 Å². The summed E-state index contributed by atoms with van der Waals surface area (Å²) in [6.45, 7) is 6.88. The topological polar surface area (TPSA) is 29.1 Å². The Morgan fingerprint density at radius 1 is 1.18 bits per heavy atom. The molecule has 1 aliphatic heterocycles. The van der Waals surface area contributed by atoms with Gasteiger partial charge in [0.05, 0.1) is 0 Å². The number of nitrogens with one attached hydrogen (secondary N) is 1. The van der Waals surface area contributed by atoms with Gasteiger partial charge in [-0.25, -0.2) is 0 Å². The van der Waals surface area contributed by atoms with E-state index in [4.69, 9.17) is 0 Å². The number of carbonyl (C=O) groups is 1. The van der Waals surface area contributed by atoms with Crippen LogP contribution < -0.4 is 5.32 Å². The molecule has 2 nitrogen and oxygen atoms in total. The van der Waals surface area contributed by atoms with E-state index in [-0.39, 0.29) is 5.91 Å². The minimum atomic E-state index is 0.258. The molecule has 2 atom stereocenters. The lowest BCUT2D eigenvalue weighted by molar-refractivity contribution is -0.119. The van der Waals surface area contributed by atoms with Crippen LogP contribution in [-0.2, 0) is 4.79 Å². The average Bonchev–Trinajstić information content (AvgIpc) is 2.74. The Balaban J connectivity index is 2.53. The number of hydrogen-bond acceptors (Lipinski definition) is 1. The zero-order chi connectivity index (χ0) is 12.7. The predicted molar refractivity (Wildman–Crippen MR) is 72.9 cm³/mol. The zero-order valence-electron chi connectivity index (χ0n) is 11.8. The first-order valence-electron chi connectivity index (χ1n) is 7.41. The summed E-state index contributed by atoms with van der Waals surface area (Å²) in [5.74, 6) is 0.258. The third-order valence-electron chi connectivity index (χ3n) is 4.29. The molecule has 100 valence electrons. The summed E-state index contributed by atoms with van der Waals surface area (Å²) in [5.41, 5.74) is 0.331. The summed E-state index contributed by atoms with van der Waals surface area (Å²) < 4.78 is 0. The maximum atomic E-state index is 11.4. The van der Waals surface area contributed by atoms with Crippen molar-refractivity contribution in [3.8, 4) is 0 Å². The molecule has 1 saturated heterocycles. The lowest BCUT2D eigenvalue weighted by Gasteiger charge is -2.36. The number of rotatable bonds is 8. The van der Waals surface area contributed by atoms with Gasteiger partial charge in [0, 0.05) is 12.5 Å². The van der Waals surface area contributed by atoms with Crippen LogP contribution in [0.3, 0.4) is 0 Å². The summed E-state index contributed by atoms with van der Waals surface area (Å²) in [4.78, 5) is 11.4. The fourth-order valence-electron chi connectivity index (χ4n) is 2.97. The molecule has 17 heavy (non-hydrogen) atoms. The fraction of sp³-hybridized carbons (Fsp3) is 0.933. The molecule has 1 N–H and O–H groups in total. The highest BCUT2D eigenvalue weighted by atomic mass is 16.1. The first kappa shape index (κ1) is 14.5. The molecule has 2 unspecified atom stereocenters. The Bertz CT molecular complexity index is 239. The fourth-order valence-corrected chi connectivity index (χ4v) is 2.97. The number of amides is 1. The highest BCUT2D eigenvalue weighted by Crippen LogP contribution is 2.38. The molecule has 2 heteroatoms. The van der Waals surface area contributed by atoms with Gasteiger partial charge in [-0.05, 0) is 24.7 Å². The van der Waals surface area contributed by atoms with E-state index in [0.29, 0.717) is 11.5 Å². The van der Waals surface area contributed by atoms with Gasteiger partial charge in [-0.1, -0.05) is 52.9 Å². The van der Waals surface area contributed by atoms with Crippen LogP contribution in [0.2, 0.25) is 0 Å². The van der Waals surface area contributed by atoms with Crippen molar-refractivity contribution in [2.75, 3.05) is 0 Å². The molecular formula is C15H29NO. The number of carbonyl (C=O) groups excluding carboxylic acids is 1. The van der Waals surface area contributed by atoms with Gasteiger partial charge in [-0.15, -0.1) is 0 Å². The summed E-state index contributed by atoms with van der Waals surface area (Å²) in [6.07, 6.45) is 10.8. The van der Waals surface area contributed by atoms with E-state index in [1.165, 1.54) is 44.9 Å². The van der Waals surface area contributed by atoms with Crippen LogP contribution in [0.15, 0.2) is 0 Å². The molecule has 0 saturated carbocycles. The van der Waals surface area contributed by atoms with E-state index in [2.05, 4.69) is 26.1 Å². The molecule has 0 spiro atoms. The highest BCUT2D eigenvalue weighted by Gasteiger charge is 2.37. The highest BCUT2D eigenvalue weighted by molar-refractivity contribution is 5.78. The lowest BCUT2D eigenvalue weighted by Crippen LogP contribution is -2.41. The normalized spacial score (nSPS) is 23.5. The minimum absolute atomic E-state index is 0.258. The van der Waals surface area contributed by atoms with Crippen molar-refractivity contribution in [3.63, 3.8) is 0 Å². The Morgan fingerprint density at radius 2 is 1.82 bits per heavy atom. The van der Waals surface area contributed by atoms with Gasteiger partial charge in [-0.2, -0.15) is 0 Å². The lowest BCUT2D eigenvalue weighted by atomic mass is 9.73. The number of hydrogen-bond donors (Lipinski definition) is 1. The Hall–Kier alpha value is -0.530. The summed E-state index contributed by atoms with van der Waals surface area (Å²) in [5, 5.41) is 3.19. The second kappa shape index (κ2) is 7.03. The van der Waals surface area contributed by atoms with Gasteiger partial charge in [0.2, 0.25) is 5.91 Å². The van der Waals surface area contributed by atoms with Crippen molar-refractivity contribution in [2.45, 2.75) is 84.6 Å². The van der Waals surface area contributed by atoms with Crippen LogP contribution >= 0.6 is 0 Å². The van der Waals surface area contributed by atoms with Gasteiger partial charge >= 0.3 is 0 Å². The molecule has 1 heterocycles. The van der Waals surface area contributed by atoms with Crippen molar-refractivity contribution in [1.29, 1.82) is 0 Å². The molecule has 0 aromatic rings. The molecule has 1 amide bonds. The van der Waals surface area contributed by atoms with Crippen LogP contribution in [0.4, 0.5) is 0 Å². The van der Waals surface area contributed by atoms with Crippen LogP contribution in [-0.4, -0.2) is 11.9 Å². The van der Waals surface area contributed by atoms with Gasteiger partial charge < -0.3 is 5.32 Å². The number of unbranched alkanes of at least 4 members (excludes halogenated alkanes) is 3. The molecule has 1 fully saturated rings. The molecule has 1 rings (SSSR count). The van der Waals surface area contributed by atoms with Crippen molar-refractivity contribution in [2.24, 2.45) is 5.41 Å². The minimum Gasteiger partial charge on any atom is -0.353 e. The average molecular weight is 239 g/mol. The molecule has 1 aliphatic rings. The van der Waals surface area contributed by atoms with E-state index in [1.807, 2.05) is 0 Å². The Kier molecular flexibility index (Phi) is 6.01. The zero-order valence-corrected chi connectivity index (χ0v) is 11.8. The largest absolute Gasteiger partial charge is 0.353 e. The van der Waals surface area contributed by atoms with Crippen LogP contribution in [0.25, 0.3) is 0 Å². The molecular weight excluding hydrogens is 210 g/mol. The smallest absolute Gasteiger partial charge is 0.220 e. The van der Waals surface area contributed by atoms with Crippen molar-refractivity contribution < 1.29 is 4.79 Å². The third-order valence-corrected chi connectivity index (χ3v) is 4.29. The summed E-state index contributed by atoms with van der Waals surface area (Å²) in [7, 11) is 0. The van der Waals surface area contributed by atoms with Crippen LogP contribution in [0.5, 0.6) is 0 Å². The first-order chi connectivity index (χ1) is 8.12. The quantitative estimate of drug-likeness (QED) is 0.636. The summed E-state index contributed by atoms with van der Waals surface area (Å²) in [6, 6.07) is 0.429. The van der Waals surface area contributed by atoms with Gasteiger partial charge in [-0.3, -0.25) is 4.79 Å². The van der Waals surface area contributed by atoms with Crippen molar-refractivity contribution >= 4 is 5.91 Å². The predicted octanol–water partition coefficient (Wildman–Crippen LogP) is 4.04. The standard InChI is InChI=1S/C15H29NO/c1-4-6-8-12-15(3,11-7-5-2)13-9-10-14(17)16-13/h13H,4-12H2,1-3H3,(H,16,17). The maximum Gasteiger partial charge on any atom is 0.220 e. The van der Waals surface area contributed by atoms with Crippen molar-refractivity contribution in [1.82, 2.24) is 5.32 Å². The van der Waals surface area contributed by atoms with Crippen molar-refractivity contribution in [3.05, 3.63) is 0 Å². The molecule has 0 aromatic carbocycles. The third kappa shape index (κ3) is 4.33. The second-order valence-electron chi connectivity index (χ2n) is 5.87. The maximum absolute atomic E-state index is 11.4. The second-order valence-corrected chi connectivity index (χ2v) is 5.87. The van der Waals surface area contributed by atoms with E-state index < -0.39 is 0 Å². The molecule has 0 aromatic heterocycles. The Morgan fingerprint density at radius 3 is 2.35 bits per heavy atom. The van der Waals surface area contributed by atoms with Gasteiger partial charge in [0.15, 0.2) is 0 Å². The van der Waals surface area contributed by atoms with Gasteiger partial charge in [0.1, 0.15) is 0 Å². The van der Waals surface area contributed by atoms with E-state index >= 15 is 0 Å². The van der Waals surface area contributed by atoms with Gasteiger partial charge in [0.25, 0.3) is 0 Å². The van der Waals surface area contributed by atoms with Crippen LogP contribution in [0.1, 0.15) is 78.6 Å². The Labute approximate surface area is 107 Å². The first-order valence-corrected chi connectivity index (χ1v) is 7.41.